The lowest BCUT2D eigenvalue weighted by atomic mass is 9.87. The van der Waals surface area contributed by atoms with Gasteiger partial charge in [-0.05, 0) is 11.8 Å². The van der Waals surface area contributed by atoms with E-state index in [0.717, 1.165) is 6.07 Å². The first-order valence-corrected chi connectivity index (χ1v) is 9.74. The lowest BCUT2D eigenvalue weighted by molar-refractivity contribution is -0.196. The first kappa shape index (κ1) is 24.9. The van der Waals surface area contributed by atoms with E-state index in [4.69, 9.17) is 38.8 Å². The molecule has 3 atom stereocenters. The van der Waals surface area contributed by atoms with E-state index in [2.05, 4.69) is 5.10 Å². The molecule has 1 heterocycles. The maximum Gasteiger partial charge on any atom is 0.446 e. The Hall–Kier alpha value is -1.32. The normalized spacial score (nSPS) is 32.2. The number of hydrogen-bond donors (Lipinski definition) is 2. The van der Waals surface area contributed by atoms with E-state index in [1.54, 1.807) is 0 Å². The molecule has 19 heteroatoms. The molecule has 1 aromatic rings. The van der Waals surface area contributed by atoms with Crippen LogP contribution < -0.4 is 5.73 Å². The zero-order valence-electron chi connectivity index (χ0n) is 13.4. The van der Waals surface area contributed by atoms with E-state index in [1.165, 1.54) is 0 Å². The van der Waals surface area contributed by atoms with Crippen LogP contribution in [0.5, 0.6) is 0 Å². The van der Waals surface area contributed by atoms with E-state index >= 15 is 4.39 Å². The summed E-state index contributed by atoms with van der Waals surface area (Å²) >= 11 is 9.06. The van der Waals surface area contributed by atoms with Gasteiger partial charge in [0.2, 0.25) is 5.00 Å². The Labute approximate surface area is 175 Å². The van der Waals surface area contributed by atoms with Gasteiger partial charge in [-0.25, -0.2) is 17.9 Å². The van der Waals surface area contributed by atoms with Crippen molar-refractivity contribution in [3.63, 3.8) is 0 Å². The van der Waals surface area contributed by atoms with Crippen LogP contribution in [0.15, 0.2) is 21.8 Å². The fraction of sp³-hybridized carbons (Fsp3) is 0.455. The molecule has 1 aromatic heterocycles. The zero-order chi connectivity index (χ0) is 23.7. The monoisotopic (exact) mass is 526 g/mol. The number of halogens is 10. The van der Waals surface area contributed by atoms with Crippen LogP contribution in [0.4, 0.5) is 35.1 Å². The molecular formula is C11H4Cl2F8N4O3S2. The van der Waals surface area contributed by atoms with Gasteiger partial charge < -0.3 is 5.73 Å². The van der Waals surface area contributed by atoms with Gasteiger partial charge in [-0.3, -0.25) is 4.55 Å². The third-order valence-electron chi connectivity index (χ3n) is 3.68. The number of rotatable bonds is 3. The number of nitrogens with two attached hydrogens (primary N) is 1. The Balaban J connectivity index is 2.93. The topological polar surface area (TPSA) is 122 Å². The number of alkyl halides is 9. The second kappa shape index (κ2) is 6.84. The number of hydrogen-bond acceptors (Lipinski definition) is 6. The maximum absolute atomic E-state index is 15.6. The molecule has 168 valence electrons. The molecule has 3 unspecified atom stereocenters. The second-order valence-electron chi connectivity index (χ2n) is 5.55. The number of allylic oxidation sites excluding steroid dienone is 1. The van der Waals surface area contributed by atoms with Crippen molar-refractivity contribution in [2.45, 2.75) is 32.2 Å². The van der Waals surface area contributed by atoms with Crippen molar-refractivity contribution in [1.82, 2.24) is 9.78 Å². The first-order chi connectivity index (χ1) is 13.2. The van der Waals surface area contributed by atoms with Gasteiger partial charge >= 0.3 is 16.6 Å². The predicted molar refractivity (Wildman–Crippen MR) is 85.0 cm³/mol. The molecule has 0 fully saturated rings. The quantitative estimate of drug-likeness (QED) is 0.203. The van der Waals surface area contributed by atoms with Gasteiger partial charge in [0.15, 0.2) is 16.4 Å². The molecule has 0 spiro atoms. The van der Waals surface area contributed by atoms with Gasteiger partial charge in [-0.2, -0.15) is 40.7 Å². The molecular weight excluding hydrogens is 523 g/mol. The SMILES string of the molecule is N#Cc1nn(C2(F)C(N)(Cl)C(F)=C(S(=O)(=O)O)C(F)(F)C2(F)Cl)cc1SC(F)(F)F. The van der Waals surface area contributed by atoms with Gasteiger partial charge in [0.1, 0.15) is 6.07 Å². The van der Waals surface area contributed by atoms with Gasteiger partial charge in [0.25, 0.3) is 15.9 Å². The molecule has 0 bridgehead atoms. The minimum absolute atomic E-state index is 0.167. The van der Waals surface area contributed by atoms with E-state index in [-0.39, 0.29) is 6.20 Å². The fourth-order valence-electron chi connectivity index (χ4n) is 2.41. The molecule has 0 saturated carbocycles. The summed E-state index contributed by atoms with van der Waals surface area (Å²) in [4.78, 5) is -8.69. The third kappa shape index (κ3) is 3.33. The van der Waals surface area contributed by atoms with Crippen molar-refractivity contribution in [2.24, 2.45) is 5.73 Å². The van der Waals surface area contributed by atoms with Crippen molar-refractivity contribution in [2.75, 3.05) is 0 Å². The summed E-state index contributed by atoms with van der Waals surface area (Å²) in [5.41, 5.74) is -1.44. The highest BCUT2D eigenvalue weighted by Gasteiger charge is 2.84. The lowest BCUT2D eigenvalue weighted by Gasteiger charge is -2.49. The minimum Gasteiger partial charge on any atom is -0.302 e. The van der Waals surface area contributed by atoms with Crippen LogP contribution in [0.25, 0.3) is 0 Å². The summed E-state index contributed by atoms with van der Waals surface area (Å²) in [7, 11) is -6.32. The summed E-state index contributed by atoms with van der Waals surface area (Å²) < 4.78 is 142. The zero-order valence-corrected chi connectivity index (χ0v) is 16.5. The van der Waals surface area contributed by atoms with E-state index in [9.17, 15) is 39.2 Å². The highest BCUT2D eigenvalue weighted by Crippen LogP contribution is 2.64. The molecule has 1 aliphatic carbocycles. The summed E-state index contributed by atoms with van der Waals surface area (Å²) in [5, 5.41) is 6.17. The Morgan fingerprint density at radius 3 is 2.17 bits per heavy atom. The van der Waals surface area contributed by atoms with Crippen LogP contribution in [-0.4, -0.2) is 44.3 Å². The summed E-state index contributed by atoms with van der Waals surface area (Å²) in [6.45, 7) is 0. The van der Waals surface area contributed by atoms with Crippen molar-refractivity contribution < 1.29 is 48.1 Å². The maximum atomic E-state index is 15.6. The minimum atomic E-state index is -6.32. The van der Waals surface area contributed by atoms with E-state index in [1.807, 2.05) is 0 Å². The fourth-order valence-corrected chi connectivity index (χ4v) is 4.65. The molecule has 0 radical (unpaired) electrons. The number of aromatic nitrogens is 2. The van der Waals surface area contributed by atoms with Crippen molar-refractivity contribution in [3.05, 3.63) is 22.6 Å². The number of thioether (sulfide) groups is 1. The average Bonchev–Trinajstić information content (AvgIpc) is 2.91. The standard InChI is InChI=1S/C11H4Cl2F8N4O3S2/c12-7(23)5(14)6(30(26,27)28)8(15,16)9(13,17)10(7,18)25-2-4(3(1-22)24-25)29-11(19,20)21/h2H,23H2,(H,26,27,28). The Bertz CT molecular complexity index is 1080. The molecule has 2 rings (SSSR count). The van der Waals surface area contributed by atoms with E-state index < -0.39 is 75.2 Å². The van der Waals surface area contributed by atoms with Crippen molar-refractivity contribution >= 4 is 45.1 Å². The van der Waals surface area contributed by atoms with Crippen LogP contribution in [0, 0.1) is 11.3 Å². The molecule has 0 aromatic carbocycles. The van der Waals surface area contributed by atoms with Crippen LogP contribution >= 0.6 is 35.0 Å². The van der Waals surface area contributed by atoms with Crippen LogP contribution in [0.3, 0.4) is 0 Å². The van der Waals surface area contributed by atoms with Gasteiger partial charge in [0, 0.05) is 6.20 Å². The average molecular weight is 527 g/mol. The summed E-state index contributed by atoms with van der Waals surface area (Å²) in [6.07, 6.45) is -0.167. The third-order valence-corrected chi connectivity index (χ3v) is 6.29. The van der Waals surface area contributed by atoms with Crippen LogP contribution in [0.2, 0.25) is 0 Å². The summed E-state index contributed by atoms with van der Waals surface area (Å²) in [6, 6.07) is 1.02. The molecule has 0 aliphatic heterocycles. The van der Waals surface area contributed by atoms with Gasteiger partial charge in [-0.1, -0.05) is 23.2 Å². The molecule has 3 N–H and O–H groups in total. The van der Waals surface area contributed by atoms with Gasteiger partial charge in [0.05, 0.1) is 4.90 Å². The van der Waals surface area contributed by atoms with Crippen LogP contribution in [0.1, 0.15) is 5.69 Å². The Kier molecular flexibility index (Phi) is 5.69. The predicted octanol–water partition coefficient (Wildman–Crippen LogP) is 3.51. The summed E-state index contributed by atoms with van der Waals surface area (Å²) in [5.74, 6) is -14.0. The number of nitriles is 1. The molecule has 30 heavy (non-hydrogen) atoms. The highest BCUT2D eigenvalue weighted by atomic mass is 35.5. The van der Waals surface area contributed by atoms with Crippen molar-refractivity contribution in [1.29, 1.82) is 5.26 Å². The Morgan fingerprint density at radius 1 is 1.27 bits per heavy atom. The molecule has 0 amide bonds. The largest absolute Gasteiger partial charge is 0.446 e. The molecule has 1 aliphatic rings. The number of nitrogens with zero attached hydrogens (tertiary/aromatic N) is 3. The molecule has 0 saturated heterocycles. The van der Waals surface area contributed by atoms with Crippen LogP contribution in [-0.2, 0) is 15.9 Å². The smallest absolute Gasteiger partial charge is 0.302 e. The second-order valence-corrected chi connectivity index (χ2v) is 9.13. The van der Waals surface area contributed by atoms with E-state index in [0.29, 0.717) is 0 Å². The first-order valence-electron chi connectivity index (χ1n) is 6.72. The lowest BCUT2D eigenvalue weighted by Crippen LogP contribution is -2.73. The Morgan fingerprint density at radius 2 is 1.77 bits per heavy atom. The van der Waals surface area contributed by atoms with Crippen molar-refractivity contribution in [3.8, 4) is 6.07 Å². The van der Waals surface area contributed by atoms with Gasteiger partial charge in [-0.15, -0.1) is 0 Å². The highest BCUT2D eigenvalue weighted by molar-refractivity contribution is 8.00. The molecule has 7 nitrogen and oxygen atoms in total.